The normalized spacial score (nSPS) is 11.7. The summed E-state index contributed by atoms with van der Waals surface area (Å²) in [7, 11) is 0. The number of hydrogen-bond acceptors (Lipinski definition) is 1. The van der Waals surface area contributed by atoms with Crippen LogP contribution in [0.3, 0.4) is 0 Å². The average Bonchev–Trinajstić information content (AvgIpc) is 3.03. The highest BCUT2D eigenvalue weighted by atomic mass is 15.2. The third-order valence-electron chi connectivity index (χ3n) is 5.23. The van der Waals surface area contributed by atoms with Crippen molar-refractivity contribution in [1.82, 2.24) is 9.61 Å². The lowest BCUT2D eigenvalue weighted by Gasteiger charge is -2.15. The summed E-state index contributed by atoms with van der Waals surface area (Å²) in [5, 5.41) is 8.61. The molecule has 2 nitrogen and oxygen atoms in total. The first-order valence-corrected chi connectivity index (χ1v) is 9.01. The van der Waals surface area contributed by atoms with Crippen LogP contribution in [-0.4, -0.2) is 9.61 Å². The Morgan fingerprint density at radius 3 is 2.31 bits per heavy atom. The first kappa shape index (κ1) is 15.2. The summed E-state index contributed by atoms with van der Waals surface area (Å²) in [5.74, 6) is 0. The smallest absolute Gasteiger partial charge is 0.0756 e. The molecule has 0 spiro atoms. The Hall–Kier alpha value is -3.13. The summed E-state index contributed by atoms with van der Waals surface area (Å²) in [6.45, 7) is 6.43. The van der Waals surface area contributed by atoms with Crippen LogP contribution < -0.4 is 0 Å². The summed E-state index contributed by atoms with van der Waals surface area (Å²) in [5.41, 5.74) is 8.52. The molecule has 0 atom stereocenters. The summed E-state index contributed by atoms with van der Waals surface area (Å²) in [6, 6.07) is 24.0. The molecule has 5 rings (SSSR count). The molecule has 0 bridgehead atoms. The molecular formula is C24H20N2. The van der Waals surface area contributed by atoms with Crippen LogP contribution in [0.2, 0.25) is 0 Å². The molecule has 2 heterocycles. The lowest BCUT2D eigenvalue weighted by atomic mass is 9.91. The molecule has 0 amide bonds. The van der Waals surface area contributed by atoms with Gasteiger partial charge >= 0.3 is 0 Å². The Labute approximate surface area is 152 Å². The largest absolute Gasteiger partial charge is 0.232 e. The van der Waals surface area contributed by atoms with Crippen molar-refractivity contribution in [2.24, 2.45) is 0 Å². The highest BCUT2D eigenvalue weighted by Gasteiger charge is 2.15. The second-order valence-electron chi connectivity index (χ2n) is 7.15. The highest BCUT2D eigenvalue weighted by Crippen LogP contribution is 2.38. The summed E-state index contributed by atoms with van der Waals surface area (Å²) < 4.78 is 2.10. The minimum Gasteiger partial charge on any atom is -0.232 e. The van der Waals surface area contributed by atoms with Crippen molar-refractivity contribution in [2.45, 2.75) is 20.8 Å². The minimum absolute atomic E-state index is 1.04. The second-order valence-corrected chi connectivity index (χ2v) is 7.15. The van der Waals surface area contributed by atoms with Gasteiger partial charge in [-0.2, -0.15) is 5.10 Å². The molecule has 2 aromatic heterocycles. The van der Waals surface area contributed by atoms with E-state index in [0.29, 0.717) is 0 Å². The van der Waals surface area contributed by atoms with E-state index in [1.165, 1.54) is 43.9 Å². The molecule has 126 valence electrons. The summed E-state index contributed by atoms with van der Waals surface area (Å²) >= 11 is 0. The Kier molecular flexibility index (Phi) is 3.17. The quantitative estimate of drug-likeness (QED) is 0.332. The maximum atomic E-state index is 4.79. The number of para-hydroxylation sites is 1. The fraction of sp³-hybridized carbons (Fsp3) is 0.125. The third-order valence-corrected chi connectivity index (χ3v) is 5.23. The molecule has 3 aromatic carbocycles. The first-order chi connectivity index (χ1) is 12.6. The number of benzene rings is 3. The third kappa shape index (κ3) is 2.08. The van der Waals surface area contributed by atoms with Crippen LogP contribution in [0.15, 0.2) is 66.7 Å². The number of rotatable bonds is 1. The van der Waals surface area contributed by atoms with Crippen molar-refractivity contribution >= 4 is 27.2 Å². The van der Waals surface area contributed by atoms with Crippen molar-refractivity contribution in [3.63, 3.8) is 0 Å². The zero-order valence-corrected chi connectivity index (χ0v) is 15.2. The van der Waals surface area contributed by atoms with Gasteiger partial charge in [-0.3, -0.25) is 0 Å². The number of hydrogen-bond donors (Lipinski definition) is 0. The van der Waals surface area contributed by atoms with E-state index < -0.39 is 0 Å². The molecule has 2 heteroatoms. The van der Waals surface area contributed by atoms with Gasteiger partial charge in [-0.15, -0.1) is 0 Å². The molecular weight excluding hydrogens is 316 g/mol. The average molecular weight is 336 g/mol. The predicted molar refractivity (Wildman–Crippen MR) is 110 cm³/mol. The lowest BCUT2D eigenvalue weighted by molar-refractivity contribution is 0.975. The molecule has 26 heavy (non-hydrogen) atoms. The number of pyridine rings is 1. The van der Waals surface area contributed by atoms with Crippen molar-refractivity contribution in [2.75, 3.05) is 0 Å². The molecule has 0 aliphatic rings. The molecule has 5 aromatic rings. The fourth-order valence-corrected chi connectivity index (χ4v) is 4.11. The van der Waals surface area contributed by atoms with Gasteiger partial charge in [-0.25, -0.2) is 4.52 Å². The van der Waals surface area contributed by atoms with Crippen molar-refractivity contribution in [3.05, 3.63) is 83.6 Å². The number of fused-ring (bicyclic) bond motifs is 6. The molecule has 0 aliphatic heterocycles. The monoisotopic (exact) mass is 336 g/mol. The predicted octanol–water partition coefficient (Wildman–Crippen LogP) is 6.23. The standard InChI is InChI=1S/C24H20N2/c1-15-12-20(18-9-5-4-8-16(18)2)24-21(13-15)19-10-6-7-11-22(19)26-23(24)14-17(3)25-26/h4-14H,1-3H3. The van der Waals surface area contributed by atoms with Gasteiger partial charge in [0.25, 0.3) is 0 Å². The van der Waals surface area contributed by atoms with Crippen LogP contribution in [0.1, 0.15) is 16.8 Å². The number of nitrogens with zero attached hydrogens (tertiary/aromatic N) is 2. The van der Waals surface area contributed by atoms with E-state index in [0.717, 1.165) is 11.2 Å². The van der Waals surface area contributed by atoms with Crippen LogP contribution >= 0.6 is 0 Å². The second kappa shape index (κ2) is 5.43. The number of aryl methyl sites for hydroxylation is 3. The van der Waals surface area contributed by atoms with Gasteiger partial charge in [0.05, 0.1) is 16.7 Å². The Morgan fingerprint density at radius 1 is 0.692 bits per heavy atom. The maximum Gasteiger partial charge on any atom is 0.0756 e. The van der Waals surface area contributed by atoms with Gasteiger partial charge < -0.3 is 0 Å². The molecule has 0 radical (unpaired) electrons. The summed E-state index contributed by atoms with van der Waals surface area (Å²) in [4.78, 5) is 0. The zero-order valence-electron chi connectivity index (χ0n) is 15.2. The van der Waals surface area contributed by atoms with Crippen LogP contribution in [0.4, 0.5) is 0 Å². The minimum atomic E-state index is 1.04. The van der Waals surface area contributed by atoms with Crippen LogP contribution in [0.5, 0.6) is 0 Å². The van der Waals surface area contributed by atoms with Crippen LogP contribution in [0.25, 0.3) is 38.3 Å². The van der Waals surface area contributed by atoms with Gasteiger partial charge in [-0.1, -0.05) is 54.6 Å². The topological polar surface area (TPSA) is 17.3 Å². The van der Waals surface area contributed by atoms with E-state index in [4.69, 9.17) is 5.10 Å². The lowest BCUT2D eigenvalue weighted by Crippen LogP contribution is -1.95. The highest BCUT2D eigenvalue weighted by molar-refractivity contribution is 6.18. The number of aromatic nitrogens is 2. The van der Waals surface area contributed by atoms with Gasteiger partial charge in [0, 0.05) is 10.8 Å². The molecule has 0 unspecified atom stereocenters. The zero-order chi connectivity index (χ0) is 17.8. The van der Waals surface area contributed by atoms with Gasteiger partial charge in [0.2, 0.25) is 0 Å². The van der Waals surface area contributed by atoms with Gasteiger partial charge in [0.1, 0.15) is 0 Å². The molecule has 0 saturated carbocycles. The molecule has 0 N–H and O–H groups in total. The van der Waals surface area contributed by atoms with Gasteiger partial charge in [0.15, 0.2) is 0 Å². The summed E-state index contributed by atoms with van der Waals surface area (Å²) in [6.07, 6.45) is 0. The van der Waals surface area contributed by atoms with E-state index in [9.17, 15) is 0 Å². The van der Waals surface area contributed by atoms with Crippen molar-refractivity contribution < 1.29 is 0 Å². The first-order valence-electron chi connectivity index (χ1n) is 9.01. The van der Waals surface area contributed by atoms with E-state index >= 15 is 0 Å². The molecule has 0 saturated heterocycles. The SMILES string of the molecule is Cc1cc(-c2ccccc2C)c2c(c1)c1ccccc1n1nc(C)cc21. The maximum absolute atomic E-state index is 4.79. The Balaban J connectivity index is 2.10. The Morgan fingerprint density at radius 2 is 1.46 bits per heavy atom. The van der Waals surface area contributed by atoms with E-state index in [2.05, 4.69) is 92.0 Å². The fourth-order valence-electron chi connectivity index (χ4n) is 4.11. The van der Waals surface area contributed by atoms with Crippen molar-refractivity contribution in [3.8, 4) is 11.1 Å². The van der Waals surface area contributed by atoms with Gasteiger partial charge in [-0.05, 0) is 60.5 Å². The van der Waals surface area contributed by atoms with Crippen LogP contribution in [-0.2, 0) is 0 Å². The Bertz CT molecular complexity index is 1310. The van der Waals surface area contributed by atoms with Crippen LogP contribution in [0, 0.1) is 20.8 Å². The van der Waals surface area contributed by atoms with E-state index in [-0.39, 0.29) is 0 Å². The van der Waals surface area contributed by atoms with E-state index in [1.54, 1.807) is 0 Å². The molecule has 0 aliphatic carbocycles. The van der Waals surface area contributed by atoms with Crippen molar-refractivity contribution in [1.29, 1.82) is 0 Å². The van der Waals surface area contributed by atoms with E-state index in [1.807, 2.05) is 0 Å². The molecule has 0 fully saturated rings.